The molecule has 2 unspecified atom stereocenters. The second kappa shape index (κ2) is 15.3. The van der Waals surface area contributed by atoms with Crippen LogP contribution in [0.5, 0.6) is 5.75 Å². The summed E-state index contributed by atoms with van der Waals surface area (Å²) in [5.41, 5.74) is 0.529. The smallest absolute Gasteiger partial charge is 0.410 e. The number of hydrogen-bond donors (Lipinski definition) is 1. The zero-order valence-corrected chi connectivity index (χ0v) is 27.3. The Morgan fingerprint density at radius 2 is 1.85 bits per heavy atom. The molecular weight excluding hydrogens is 593 g/mol. The third-order valence-electron chi connectivity index (χ3n) is 7.88. The van der Waals surface area contributed by atoms with E-state index in [4.69, 9.17) is 14.2 Å². The number of nitrogens with zero attached hydrogens (tertiary/aromatic N) is 4. The van der Waals surface area contributed by atoms with Crippen LogP contribution in [0.25, 0.3) is 11.3 Å². The minimum Gasteiger partial charge on any atom is -0.492 e. The molecule has 0 bridgehead atoms. The lowest BCUT2D eigenvalue weighted by molar-refractivity contribution is -0.133. The van der Waals surface area contributed by atoms with E-state index in [2.05, 4.69) is 16.4 Å². The highest BCUT2D eigenvalue weighted by molar-refractivity contribution is 5.86. The zero-order valence-electron chi connectivity index (χ0n) is 27.3. The van der Waals surface area contributed by atoms with Crippen molar-refractivity contribution in [2.24, 2.45) is 5.92 Å². The van der Waals surface area contributed by atoms with Crippen molar-refractivity contribution in [2.75, 3.05) is 26.2 Å². The summed E-state index contributed by atoms with van der Waals surface area (Å²) < 4.78 is 32.0. The average Bonchev–Trinajstić information content (AvgIpc) is 3.48. The van der Waals surface area contributed by atoms with Crippen molar-refractivity contribution in [3.8, 4) is 23.1 Å². The first kappa shape index (κ1) is 34.5. The number of carbonyl (C=O) groups excluding carboxylic acids is 3. The standard InChI is InChI=1S/C34H44FN5O6/c1-22(2)45-33(43)39-15-12-23(13-16-39)21-44-27-10-11-29(37-20-27)25-9-8-24(28(35)17-25)18-30(38-32(42)46-34(3,4)5)31(41)40-14-6-7-26(40)19-36/h8-11,17,20,22-23,26,30H,6-7,12-16,18,21H2,1-5H3,(H,38,42). The van der Waals surface area contributed by atoms with Gasteiger partial charge in [-0.05, 0) is 90.0 Å². The number of alkyl carbamates (subject to hydrolysis) is 1. The number of hydrogen-bond acceptors (Lipinski definition) is 8. The number of carbonyl (C=O) groups is 3. The van der Waals surface area contributed by atoms with Gasteiger partial charge in [0.2, 0.25) is 5.91 Å². The summed E-state index contributed by atoms with van der Waals surface area (Å²) in [4.78, 5) is 45.7. The van der Waals surface area contributed by atoms with Gasteiger partial charge in [-0.3, -0.25) is 9.78 Å². The molecule has 46 heavy (non-hydrogen) atoms. The van der Waals surface area contributed by atoms with E-state index in [1.807, 2.05) is 13.8 Å². The Hall–Kier alpha value is -4.40. The SMILES string of the molecule is CC(C)OC(=O)N1CCC(COc2ccc(-c3ccc(CC(NC(=O)OC(C)(C)C)C(=O)N4CCCC4C#N)c(F)c3)nc2)CC1. The van der Waals surface area contributed by atoms with Gasteiger partial charge < -0.3 is 29.3 Å². The third kappa shape index (κ3) is 9.55. The van der Waals surface area contributed by atoms with Gasteiger partial charge in [-0.25, -0.2) is 14.0 Å². The van der Waals surface area contributed by atoms with E-state index >= 15 is 4.39 Å². The maximum atomic E-state index is 15.4. The minimum atomic E-state index is -1.11. The molecule has 3 heterocycles. The summed E-state index contributed by atoms with van der Waals surface area (Å²) in [6, 6.07) is 8.60. The highest BCUT2D eigenvalue weighted by Gasteiger charge is 2.35. The quantitative estimate of drug-likeness (QED) is 0.383. The van der Waals surface area contributed by atoms with Gasteiger partial charge in [0.05, 0.1) is 30.7 Å². The summed E-state index contributed by atoms with van der Waals surface area (Å²) in [7, 11) is 0. The minimum absolute atomic E-state index is 0.114. The number of likely N-dealkylation sites (tertiary alicyclic amines) is 2. The van der Waals surface area contributed by atoms with Crippen LogP contribution < -0.4 is 10.1 Å². The molecule has 1 N–H and O–H groups in total. The fraction of sp³-hybridized carbons (Fsp3) is 0.559. The largest absolute Gasteiger partial charge is 0.492 e. The molecule has 4 rings (SSSR count). The van der Waals surface area contributed by atoms with Crippen LogP contribution in [0.3, 0.4) is 0 Å². The van der Waals surface area contributed by atoms with E-state index in [0.717, 1.165) is 12.8 Å². The van der Waals surface area contributed by atoms with Crippen molar-refractivity contribution in [3.63, 3.8) is 0 Å². The number of ether oxygens (including phenoxy) is 3. The highest BCUT2D eigenvalue weighted by Crippen LogP contribution is 2.25. The molecule has 0 radical (unpaired) electrons. The molecule has 248 valence electrons. The van der Waals surface area contributed by atoms with Gasteiger partial charge >= 0.3 is 12.2 Å². The molecular formula is C34H44FN5O6. The first-order valence-electron chi connectivity index (χ1n) is 15.9. The van der Waals surface area contributed by atoms with Crippen LogP contribution >= 0.6 is 0 Å². The highest BCUT2D eigenvalue weighted by atomic mass is 19.1. The molecule has 2 atom stereocenters. The summed E-state index contributed by atoms with van der Waals surface area (Å²) in [6.07, 6.45) is 3.14. The molecule has 2 saturated heterocycles. The Bertz CT molecular complexity index is 1410. The van der Waals surface area contributed by atoms with E-state index in [1.165, 1.54) is 11.0 Å². The lowest BCUT2D eigenvalue weighted by Crippen LogP contribution is -2.51. The van der Waals surface area contributed by atoms with Crippen molar-refractivity contribution in [2.45, 2.75) is 90.5 Å². The number of amides is 3. The van der Waals surface area contributed by atoms with E-state index in [1.54, 1.807) is 56.1 Å². The van der Waals surface area contributed by atoms with Gasteiger partial charge in [0, 0.05) is 31.6 Å². The fourth-order valence-corrected chi connectivity index (χ4v) is 5.52. The van der Waals surface area contributed by atoms with E-state index < -0.39 is 35.5 Å². The van der Waals surface area contributed by atoms with Crippen molar-refractivity contribution < 1.29 is 33.0 Å². The van der Waals surface area contributed by atoms with Crippen LogP contribution in [0.15, 0.2) is 36.5 Å². The number of piperidine rings is 1. The van der Waals surface area contributed by atoms with Crippen molar-refractivity contribution in [1.29, 1.82) is 5.26 Å². The Labute approximate surface area is 270 Å². The number of pyridine rings is 1. The fourth-order valence-electron chi connectivity index (χ4n) is 5.52. The van der Waals surface area contributed by atoms with Crippen LogP contribution in [-0.2, 0) is 20.7 Å². The normalized spacial score (nSPS) is 17.7. The van der Waals surface area contributed by atoms with Gasteiger partial charge in [-0.2, -0.15) is 5.26 Å². The number of nitrogens with one attached hydrogen (secondary N) is 1. The number of rotatable bonds is 9. The Morgan fingerprint density at radius 1 is 1.11 bits per heavy atom. The predicted octanol–water partition coefficient (Wildman–Crippen LogP) is 5.47. The van der Waals surface area contributed by atoms with Crippen molar-refractivity contribution in [3.05, 3.63) is 47.9 Å². The number of aromatic nitrogens is 1. The molecule has 1 aromatic carbocycles. The maximum Gasteiger partial charge on any atom is 0.410 e. The molecule has 2 fully saturated rings. The van der Waals surface area contributed by atoms with Crippen LogP contribution in [0.1, 0.15) is 65.9 Å². The van der Waals surface area contributed by atoms with Crippen molar-refractivity contribution in [1.82, 2.24) is 20.1 Å². The zero-order chi connectivity index (χ0) is 33.4. The Morgan fingerprint density at radius 3 is 2.46 bits per heavy atom. The Balaban J connectivity index is 1.37. The number of benzene rings is 1. The maximum absolute atomic E-state index is 15.4. The van der Waals surface area contributed by atoms with Gasteiger partial charge in [0.15, 0.2) is 0 Å². The molecule has 1 aromatic heterocycles. The molecule has 2 aromatic rings. The molecule has 0 aliphatic carbocycles. The summed E-state index contributed by atoms with van der Waals surface area (Å²) in [5.74, 6) is -0.101. The topological polar surface area (TPSA) is 134 Å². The van der Waals surface area contributed by atoms with Crippen LogP contribution in [0.4, 0.5) is 14.0 Å². The van der Waals surface area contributed by atoms with Gasteiger partial charge in [0.25, 0.3) is 0 Å². The molecule has 2 aliphatic rings. The van der Waals surface area contributed by atoms with E-state index in [9.17, 15) is 19.6 Å². The molecule has 0 spiro atoms. The number of nitriles is 1. The van der Waals surface area contributed by atoms with Crippen LogP contribution in [-0.4, -0.2) is 82.9 Å². The second-order valence-electron chi connectivity index (χ2n) is 13.1. The van der Waals surface area contributed by atoms with Crippen LogP contribution in [0.2, 0.25) is 0 Å². The molecule has 12 heteroatoms. The Kier molecular flexibility index (Phi) is 11.4. The molecule has 0 saturated carbocycles. The molecule has 2 aliphatic heterocycles. The van der Waals surface area contributed by atoms with Gasteiger partial charge in [0.1, 0.15) is 29.3 Å². The summed E-state index contributed by atoms with van der Waals surface area (Å²) in [5, 5.41) is 12.1. The van der Waals surface area contributed by atoms with E-state index in [-0.39, 0.29) is 24.2 Å². The second-order valence-corrected chi connectivity index (χ2v) is 13.1. The lowest BCUT2D eigenvalue weighted by atomic mass is 9.98. The van der Waals surface area contributed by atoms with Crippen LogP contribution in [0, 0.1) is 23.1 Å². The van der Waals surface area contributed by atoms with E-state index in [0.29, 0.717) is 62.0 Å². The third-order valence-corrected chi connectivity index (χ3v) is 7.88. The molecule has 3 amide bonds. The van der Waals surface area contributed by atoms with Crippen molar-refractivity contribution >= 4 is 18.1 Å². The first-order valence-corrected chi connectivity index (χ1v) is 15.9. The number of halogens is 1. The first-order chi connectivity index (χ1) is 21.8. The predicted molar refractivity (Wildman–Crippen MR) is 168 cm³/mol. The molecule has 11 nitrogen and oxygen atoms in total. The average molecular weight is 638 g/mol. The van der Waals surface area contributed by atoms with Gasteiger partial charge in [-0.15, -0.1) is 0 Å². The lowest BCUT2D eigenvalue weighted by Gasteiger charge is -2.31. The van der Waals surface area contributed by atoms with Gasteiger partial charge in [-0.1, -0.05) is 12.1 Å². The summed E-state index contributed by atoms with van der Waals surface area (Å²) in [6.45, 7) is 10.9. The summed E-state index contributed by atoms with van der Waals surface area (Å²) >= 11 is 0. The monoisotopic (exact) mass is 637 g/mol.